The van der Waals surface area contributed by atoms with Crippen molar-refractivity contribution < 1.29 is 84.3 Å². The molecule has 1 saturated carbocycles. The SMILES string of the molecule is CCCCCC/C=C\CCCCCCCC(=O)O[C@@H]1[C@H](OCc2ccccc2)[C@@H](OCc2ccccc2)[C@H](OCc2ccccc2)[C@@H](O[C@H]2O[C@H](COCc3ccccc3)[C@@H](O[Si](C)(C)C(C)(C)C)[C@H](OCc3ccccc3)[C@H]2N=[N+]=[N-])[C@@H]1OP(=O)(OCCC#N)OC[C@@H](COCCCCCCCCCCCCCCCCCC)OC(=O)OCc1ccccc1. The minimum Gasteiger partial charge on any atom is -0.457 e. The molecule has 0 spiro atoms. The Morgan fingerprint density at radius 1 is 0.496 bits per heavy atom. The van der Waals surface area contributed by atoms with Crippen molar-refractivity contribution in [2.24, 2.45) is 5.11 Å². The summed E-state index contributed by atoms with van der Waals surface area (Å²) in [5, 5.41) is 14.5. The summed E-state index contributed by atoms with van der Waals surface area (Å²) >= 11 is 0. The van der Waals surface area contributed by atoms with Gasteiger partial charge in [0.25, 0.3) is 0 Å². The summed E-state index contributed by atoms with van der Waals surface area (Å²) in [4.78, 5) is 33.1. The number of nitriles is 1. The highest BCUT2D eigenvalue weighted by Gasteiger charge is 2.61. The van der Waals surface area contributed by atoms with Gasteiger partial charge in [-0.3, -0.25) is 18.4 Å². The van der Waals surface area contributed by atoms with Crippen molar-refractivity contribution in [1.29, 1.82) is 5.26 Å². The predicted octanol–water partition coefficient (Wildman–Crippen LogP) is 25.3. The Kier molecular flexibility index (Phi) is 49.7. The Morgan fingerprint density at radius 3 is 1.38 bits per heavy atom. The summed E-state index contributed by atoms with van der Waals surface area (Å²) in [6.07, 6.45) is 17.8. The lowest BCUT2D eigenvalue weighted by Gasteiger charge is -2.52. The number of phosphoric ester groups is 1. The summed E-state index contributed by atoms with van der Waals surface area (Å²) in [7, 11) is -8.16. The van der Waals surface area contributed by atoms with Crippen molar-refractivity contribution in [3.8, 4) is 6.07 Å². The second kappa shape index (κ2) is 60.4. The highest BCUT2D eigenvalue weighted by Crippen LogP contribution is 2.54. The molecule has 0 radical (unpaired) electrons. The first kappa shape index (κ1) is 103. The van der Waals surface area contributed by atoms with Crippen LogP contribution < -0.4 is 0 Å². The van der Waals surface area contributed by atoms with Crippen molar-refractivity contribution >= 4 is 28.3 Å². The van der Waals surface area contributed by atoms with Crippen molar-refractivity contribution in [2.45, 2.75) is 352 Å². The lowest BCUT2D eigenvalue weighted by Crippen LogP contribution is -2.70. The molecule has 22 nitrogen and oxygen atoms in total. The van der Waals surface area contributed by atoms with Gasteiger partial charge in [-0.05, 0) is 95.6 Å². The van der Waals surface area contributed by atoms with Gasteiger partial charge in [-0.1, -0.05) is 369 Å². The van der Waals surface area contributed by atoms with Crippen LogP contribution in [0.25, 0.3) is 10.4 Å². The minimum atomic E-state index is -5.31. The monoisotopic (exact) mass is 1760 g/mol. The van der Waals surface area contributed by atoms with Gasteiger partial charge < -0.3 is 56.5 Å². The summed E-state index contributed by atoms with van der Waals surface area (Å²) in [6, 6.07) is 57.6. The van der Waals surface area contributed by atoms with Crippen molar-refractivity contribution in [2.75, 3.05) is 33.0 Å². The van der Waals surface area contributed by atoms with E-state index in [1.54, 1.807) is 0 Å². The minimum absolute atomic E-state index is 0.0215. The molecule has 0 aromatic heterocycles. The molecule has 125 heavy (non-hydrogen) atoms. The third kappa shape index (κ3) is 39.6. The van der Waals surface area contributed by atoms with Gasteiger partial charge in [0.1, 0.15) is 55.4 Å². The summed E-state index contributed by atoms with van der Waals surface area (Å²) in [5.74, 6) is -0.659. The van der Waals surface area contributed by atoms with E-state index >= 15 is 9.36 Å². The number of unbranched alkanes of at least 4 members (excludes halogenated alkanes) is 24. The van der Waals surface area contributed by atoms with Gasteiger partial charge in [-0.2, -0.15) is 5.26 Å². The first-order valence-corrected chi connectivity index (χ1v) is 50.9. The van der Waals surface area contributed by atoms with E-state index in [1.807, 2.05) is 182 Å². The molecular formula is C101H145N4O18PSi. The molecule has 8 rings (SSSR count). The molecule has 686 valence electrons. The van der Waals surface area contributed by atoms with Crippen LogP contribution in [0.15, 0.2) is 199 Å². The maximum absolute atomic E-state index is 16.9. The fourth-order valence-corrected chi connectivity index (χ4v) is 17.9. The molecule has 13 atom stereocenters. The highest BCUT2D eigenvalue weighted by atomic mass is 31.2. The van der Waals surface area contributed by atoms with E-state index in [2.05, 4.69) is 76.0 Å². The molecule has 1 aliphatic carbocycles. The Bertz CT molecular complexity index is 4000. The smallest absolute Gasteiger partial charge is 0.457 e. The molecular weight excluding hydrogens is 1620 g/mol. The number of benzene rings is 6. The lowest BCUT2D eigenvalue weighted by molar-refractivity contribution is -0.330. The van der Waals surface area contributed by atoms with Crippen LogP contribution in [-0.4, -0.2) is 127 Å². The van der Waals surface area contributed by atoms with Gasteiger partial charge in [-0.15, -0.1) is 0 Å². The third-order valence-corrected chi connectivity index (χ3v) is 29.2. The number of nitrogens with zero attached hydrogens (tertiary/aromatic N) is 4. The number of hydrogen-bond acceptors (Lipinski definition) is 20. The van der Waals surface area contributed by atoms with Crippen LogP contribution in [0.3, 0.4) is 0 Å². The van der Waals surface area contributed by atoms with Crippen LogP contribution in [0.1, 0.15) is 254 Å². The topological polar surface area (TPSA) is 262 Å². The first-order chi connectivity index (χ1) is 61.0. The zero-order valence-corrected chi connectivity index (χ0v) is 77.7. The molecule has 2 aliphatic rings. The first-order valence-electron chi connectivity index (χ1n) is 46.5. The van der Waals surface area contributed by atoms with E-state index in [0.29, 0.717) is 25.0 Å². The van der Waals surface area contributed by atoms with Crippen LogP contribution in [0.2, 0.25) is 18.1 Å². The van der Waals surface area contributed by atoms with Crippen LogP contribution in [-0.2, 0) is 119 Å². The normalized spacial score (nSPS) is 20.4. The number of azide groups is 1. The number of phosphoric acid groups is 1. The molecule has 6 aromatic carbocycles. The molecule has 6 aromatic rings. The highest BCUT2D eigenvalue weighted by molar-refractivity contribution is 7.48. The van der Waals surface area contributed by atoms with Gasteiger partial charge in [0.2, 0.25) is 0 Å². The Balaban J connectivity index is 1.23. The van der Waals surface area contributed by atoms with Crippen molar-refractivity contribution in [1.82, 2.24) is 0 Å². The maximum Gasteiger partial charge on any atom is 0.509 e. The van der Waals surface area contributed by atoms with E-state index in [-0.39, 0.29) is 70.7 Å². The second-order valence-electron chi connectivity index (χ2n) is 34.5. The molecule has 0 bridgehead atoms. The van der Waals surface area contributed by atoms with Crippen LogP contribution >= 0.6 is 7.82 Å². The van der Waals surface area contributed by atoms with E-state index < -0.39 is 115 Å². The number of allylic oxidation sites excluding steroid dienone is 2. The lowest BCUT2D eigenvalue weighted by atomic mass is 9.83. The summed E-state index contributed by atoms with van der Waals surface area (Å²) in [6.45, 7) is 13.7. The maximum atomic E-state index is 16.9. The number of carbonyl (C=O) groups is 2. The van der Waals surface area contributed by atoms with Crippen LogP contribution in [0.4, 0.5) is 4.79 Å². The standard InChI is InChI=1S/C101H145N4O18PSi/c1-8-10-12-14-16-18-20-22-23-24-26-28-30-32-34-54-70-109-78-87(118-100(107)115-77-86-66-51-40-52-67-86)79-117-124(108,116-71-55-69-102)122-98-96(120-89(106)68-53-33-31-29-27-25-21-19-17-15-13-11-9-2)94(113-75-84-62-47-38-48-63-84)93(112-74-83-60-45-37-46-61-83)95(114-76-85-64-49-39-50-65-85)97(98)121-99-90(104-105-103)92(111-73-82-58-43-36-44-59-82)91(123-125(6,7)101(3,4)5)88(119-99)80-110-72-81-56-41-35-42-57-81/h19,21,35-52,56-67,87-88,90-99H,8-18,20,22-34,53-55,68,70-80H2,1-7H3/b21-19-/t87-,88-,90-,91-,92-,93-,94-,95+,96-,97-,98-,99-,124?/m1/s1. The molecule has 0 amide bonds. The predicted molar refractivity (Wildman–Crippen MR) is 491 cm³/mol. The molecule has 2 fully saturated rings. The Labute approximate surface area is 747 Å². The molecule has 1 saturated heterocycles. The van der Waals surface area contributed by atoms with Crippen LogP contribution in [0, 0.1) is 11.3 Å². The van der Waals surface area contributed by atoms with E-state index in [1.165, 1.54) is 103 Å². The Morgan fingerprint density at radius 2 is 0.912 bits per heavy atom. The van der Waals surface area contributed by atoms with E-state index in [4.69, 9.17) is 70.1 Å². The average Bonchev–Trinajstić information content (AvgIpc) is 0.746. The fourth-order valence-electron chi connectivity index (χ4n) is 15.2. The summed E-state index contributed by atoms with van der Waals surface area (Å²) < 4.78 is 121. The van der Waals surface area contributed by atoms with E-state index in [9.17, 15) is 15.6 Å². The zero-order valence-electron chi connectivity index (χ0n) is 75.8. The number of esters is 1. The third-order valence-electron chi connectivity index (χ3n) is 23.3. The van der Waals surface area contributed by atoms with Gasteiger partial charge in [-0.25, -0.2) is 9.36 Å². The molecule has 1 unspecified atom stereocenters. The van der Waals surface area contributed by atoms with Gasteiger partial charge in [0, 0.05) is 17.9 Å². The number of ether oxygens (including phenoxy) is 11. The van der Waals surface area contributed by atoms with Gasteiger partial charge in [0.05, 0.1) is 78.1 Å². The van der Waals surface area contributed by atoms with Gasteiger partial charge >= 0.3 is 19.9 Å². The zero-order chi connectivity index (χ0) is 88.7. The molecule has 0 N–H and O–H groups in total. The van der Waals surface area contributed by atoms with Crippen LogP contribution in [0.5, 0.6) is 0 Å². The molecule has 24 heteroatoms. The molecule has 1 heterocycles. The largest absolute Gasteiger partial charge is 0.509 e. The number of hydrogen-bond donors (Lipinski definition) is 0. The number of carbonyl (C=O) groups excluding carboxylic acids is 2. The molecule has 1 aliphatic heterocycles. The quantitative estimate of drug-likeness (QED) is 0.00502. The van der Waals surface area contributed by atoms with Gasteiger partial charge in [0.15, 0.2) is 26.8 Å². The van der Waals surface area contributed by atoms with E-state index in [0.717, 1.165) is 85.6 Å². The summed E-state index contributed by atoms with van der Waals surface area (Å²) in [5.41, 5.74) is 15.7. The van der Waals surface area contributed by atoms with Crippen molar-refractivity contribution in [3.63, 3.8) is 0 Å². The Hall–Kier alpha value is -7.43. The number of rotatable bonds is 65. The second-order valence-corrected chi connectivity index (χ2v) is 40.9. The fraction of sp³-hybridized carbons (Fsp3) is 0.594. The average molecular weight is 1760 g/mol. The van der Waals surface area contributed by atoms with Crippen molar-refractivity contribution in [3.05, 3.63) is 238 Å².